The van der Waals surface area contributed by atoms with Gasteiger partial charge in [-0.25, -0.2) is 0 Å². The van der Waals surface area contributed by atoms with Crippen molar-refractivity contribution in [3.8, 4) is 5.75 Å². The molecule has 0 bridgehead atoms. The molecule has 0 aliphatic rings. The van der Waals surface area contributed by atoms with Gasteiger partial charge in [-0.1, -0.05) is 44.9 Å². The van der Waals surface area contributed by atoms with Crippen LogP contribution in [0.25, 0.3) is 0 Å². The summed E-state index contributed by atoms with van der Waals surface area (Å²) in [6, 6.07) is 8.31. The van der Waals surface area contributed by atoms with Crippen molar-refractivity contribution in [1.82, 2.24) is 0 Å². The van der Waals surface area contributed by atoms with Gasteiger partial charge in [0.25, 0.3) is 0 Å². The van der Waals surface area contributed by atoms with Crippen molar-refractivity contribution in [1.29, 1.82) is 0 Å². The predicted octanol–water partition coefficient (Wildman–Crippen LogP) is 3.99. The van der Waals surface area contributed by atoms with Gasteiger partial charge in [-0.3, -0.25) is 0 Å². The van der Waals surface area contributed by atoms with Crippen LogP contribution in [0, 0.1) is 0 Å². The van der Waals surface area contributed by atoms with E-state index in [4.69, 9.17) is 4.74 Å². The Kier molecular flexibility index (Phi) is 4.51. The van der Waals surface area contributed by atoms with Gasteiger partial charge in [0.2, 0.25) is 0 Å². The Morgan fingerprint density at radius 2 is 2.00 bits per heavy atom. The Balaban J connectivity index is 2.72. The molecule has 1 aromatic rings. The molecule has 0 saturated heterocycles. The summed E-state index contributed by atoms with van der Waals surface area (Å²) < 4.78 is 5.35. The normalized spacial score (nSPS) is 12.5. The van der Waals surface area contributed by atoms with Crippen LogP contribution in [0.15, 0.2) is 24.3 Å². The highest BCUT2D eigenvalue weighted by Gasteiger charge is 2.09. The highest BCUT2D eigenvalue weighted by Crippen LogP contribution is 2.29. The number of methoxy groups -OCH3 is 1. The first kappa shape index (κ1) is 11.1. The lowest BCUT2D eigenvalue weighted by Gasteiger charge is -2.14. The van der Waals surface area contributed by atoms with Crippen molar-refractivity contribution in [3.63, 3.8) is 0 Å². The number of benzene rings is 1. The van der Waals surface area contributed by atoms with E-state index in [9.17, 15) is 0 Å². The SMILES string of the molecule is CCCCC(C)c1ccccc1OC. The summed E-state index contributed by atoms with van der Waals surface area (Å²) in [5.41, 5.74) is 1.34. The van der Waals surface area contributed by atoms with Gasteiger partial charge in [-0.05, 0) is 24.0 Å². The van der Waals surface area contributed by atoms with E-state index in [2.05, 4.69) is 26.0 Å². The standard InChI is InChI=1S/C13H20O/c1-4-5-8-11(2)12-9-6-7-10-13(12)14-3/h6-7,9-11H,4-5,8H2,1-3H3. The van der Waals surface area contributed by atoms with Crippen LogP contribution in [0.1, 0.15) is 44.6 Å². The van der Waals surface area contributed by atoms with Crippen molar-refractivity contribution >= 4 is 0 Å². The fourth-order valence-electron chi connectivity index (χ4n) is 1.74. The van der Waals surface area contributed by atoms with E-state index >= 15 is 0 Å². The van der Waals surface area contributed by atoms with Gasteiger partial charge >= 0.3 is 0 Å². The van der Waals surface area contributed by atoms with Gasteiger partial charge < -0.3 is 4.74 Å². The Labute approximate surface area is 87.1 Å². The van der Waals surface area contributed by atoms with Crippen LogP contribution in [0.2, 0.25) is 0 Å². The summed E-state index contributed by atoms with van der Waals surface area (Å²) in [5.74, 6) is 1.63. The largest absolute Gasteiger partial charge is 0.496 e. The lowest BCUT2D eigenvalue weighted by atomic mass is 9.95. The third-order valence-corrected chi connectivity index (χ3v) is 2.66. The molecule has 0 aliphatic carbocycles. The molecule has 0 amide bonds. The molecule has 1 unspecified atom stereocenters. The smallest absolute Gasteiger partial charge is 0.122 e. The number of para-hydroxylation sites is 1. The van der Waals surface area contributed by atoms with Crippen molar-refractivity contribution in [2.45, 2.75) is 39.0 Å². The molecule has 1 rings (SSSR count). The van der Waals surface area contributed by atoms with E-state index < -0.39 is 0 Å². The van der Waals surface area contributed by atoms with E-state index in [1.54, 1.807) is 7.11 Å². The van der Waals surface area contributed by atoms with Crippen LogP contribution >= 0.6 is 0 Å². The fourth-order valence-corrected chi connectivity index (χ4v) is 1.74. The molecule has 0 aromatic heterocycles. The Morgan fingerprint density at radius 3 is 2.64 bits per heavy atom. The average molecular weight is 192 g/mol. The molecule has 0 spiro atoms. The molecule has 78 valence electrons. The molecule has 0 radical (unpaired) electrons. The molecule has 14 heavy (non-hydrogen) atoms. The minimum Gasteiger partial charge on any atom is -0.496 e. The van der Waals surface area contributed by atoms with Gasteiger partial charge in [0.05, 0.1) is 7.11 Å². The van der Waals surface area contributed by atoms with E-state index in [1.807, 2.05) is 12.1 Å². The van der Waals surface area contributed by atoms with Gasteiger partial charge in [0, 0.05) is 0 Å². The summed E-state index contributed by atoms with van der Waals surface area (Å²) in [4.78, 5) is 0. The molecule has 0 aliphatic heterocycles. The van der Waals surface area contributed by atoms with Gasteiger partial charge in [-0.2, -0.15) is 0 Å². The quantitative estimate of drug-likeness (QED) is 0.685. The molecule has 1 heteroatoms. The zero-order valence-corrected chi connectivity index (χ0v) is 9.42. The van der Waals surface area contributed by atoms with Crippen LogP contribution in [0.3, 0.4) is 0 Å². The van der Waals surface area contributed by atoms with Crippen LogP contribution in [-0.2, 0) is 0 Å². The van der Waals surface area contributed by atoms with Crippen LogP contribution in [-0.4, -0.2) is 7.11 Å². The summed E-state index contributed by atoms with van der Waals surface area (Å²) in [5, 5.41) is 0. The van der Waals surface area contributed by atoms with E-state index in [1.165, 1.54) is 24.8 Å². The molecule has 0 saturated carbocycles. The molecule has 0 heterocycles. The Bertz CT molecular complexity index is 268. The number of ether oxygens (including phenoxy) is 1. The molecule has 0 fully saturated rings. The average Bonchev–Trinajstić information content (AvgIpc) is 2.25. The summed E-state index contributed by atoms with van der Waals surface area (Å²) in [6.45, 7) is 4.50. The first-order valence-electron chi connectivity index (χ1n) is 5.42. The minimum atomic E-state index is 0.603. The Hall–Kier alpha value is -0.980. The molecule has 1 aromatic carbocycles. The second kappa shape index (κ2) is 5.69. The van der Waals surface area contributed by atoms with Crippen molar-refractivity contribution < 1.29 is 4.74 Å². The van der Waals surface area contributed by atoms with E-state index in [0.717, 1.165) is 5.75 Å². The van der Waals surface area contributed by atoms with Gasteiger partial charge in [0.1, 0.15) is 5.75 Å². The van der Waals surface area contributed by atoms with E-state index in [-0.39, 0.29) is 0 Å². The maximum absolute atomic E-state index is 5.35. The molecular formula is C13H20O. The topological polar surface area (TPSA) is 9.23 Å². The molecule has 0 N–H and O–H groups in total. The fraction of sp³-hybridized carbons (Fsp3) is 0.538. The van der Waals surface area contributed by atoms with Crippen LogP contribution in [0.4, 0.5) is 0 Å². The first-order chi connectivity index (χ1) is 6.79. The second-order valence-corrected chi connectivity index (χ2v) is 3.79. The first-order valence-corrected chi connectivity index (χ1v) is 5.42. The van der Waals surface area contributed by atoms with Crippen molar-refractivity contribution in [3.05, 3.63) is 29.8 Å². The van der Waals surface area contributed by atoms with Crippen LogP contribution < -0.4 is 4.74 Å². The number of hydrogen-bond acceptors (Lipinski definition) is 1. The van der Waals surface area contributed by atoms with Crippen molar-refractivity contribution in [2.24, 2.45) is 0 Å². The van der Waals surface area contributed by atoms with Gasteiger partial charge in [0.15, 0.2) is 0 Å². The molecular weight excluding hydrogens is 172 g/mol. The third kappa shape index (κ3) is 2.76. The zero-order chi connectivity index (χ0) is 10.4. The molecule has 1 atom stereocenters. The number of rotatable bonds is 5. The van der Waals surface area contributed by atoms with E-state index in [0.29, 0.717) is 5.92 Å². The maximum Gasteiger partial charge on any atom is 0.122 e. The molecule has 1 nitrogen and oxygen atoms in total. The predicted molar refractivity (Wildman–Crippen MR) is 60.9 cm³/mol. The lowest BCUT2D eigenvalue weighted by molar-refractivity contribution is 0.404. The summed E-state index contributed by atoms with van der Waals surface area (Å²) >= 11 is 0. The monoisotopic (exact) mass is 192 g/mol. The summed E-state index contributed by atoms with van der Waals surface area (Å²) in [6.07, 6.45) is 3.80. The Morgan fingerprint density at radius 1 is 1.29 bits per heavy atom. The van der Waals surface area contributed by atoms with Crippen molar-refractivity contribution in [2.75, 3.05) is 7.11 Å². The number of hydrogen-bond donors (Lipinski definition) is 0. The number of unbranched alkanes of at least 4 members (excludes halogenated alkanes) is 1. The zero-order valence-electron chi connectivity index (χ0n) is 9.42. The minimum absolute atomic E-state index is 0.603. The second-order valence-electron chi connectivity index (χ2n) is 3.79. The maximum atomic E-state index is 5.35. The third-order valence-electron chi connectivity index (χ3n) is 2.66. The lowest BCUT2D eigenvalue weighted by Crippen LogP contribution is -1.97. The highest BCUT2D eigenvalue weighted by atomic mass is 16.5. The van der Waals surface area contributed by atoms with Gasteiger partial charge in [-0.15, -0.1) is 0 Å². The summed E-state index contributed by atoms with van der Waals surface area (Å²) in [7, 11) is 1.74. The highest BCUT2D eigenvalue weighted by molar-refractivity contribution is 5.35. The van der Waals surface area contributed by atoms with Crippen LogP contribution in [0.5, 0.6) is 5.75 Å².